The fourth-order valence-corrected chi connectivity index (χ4v) is 2.27. The first-order valence-corrected chi connectivity index (χ1v) is 6.16. The summed E-state index contributed by atoms with van der Waals surface area (Å²) in [6, 6.07) is 5.17. The van der Waals surface area contributed by atoms with Crippen molar-refractivity contribution in [3.63, 3.8) is 0 Å². The van der Waals surface area contributed by atoms with Gasteiger partial charge in [0.2, 0.25) is 0 Å². The number of ether oxygens (including phenoxy) is 1. The average molecular weight is 301 g/mol. The molecule has 1 saturated carbocycles. The summed E-state index contributed by atoms with van der Waals surface area (Å²) in [5, 5.41) is 13.9. The van der Waals surface area contributed by atoms with Crippen molar-refractivity contribution in [3.8, 4) is 5.75 Å². The number of halogens is 1. The van der Waals surface area contributed by atoms with E-state index in [0.717, 1.165) is 12.8 Å². The van der Waals surface area contributed by atoms with E-state index in [1.165, 1.54) is 12.1 Å². The minimum Gasteiger partial charge on any atom is -0.490 e. The Balaban J connectivity index is 2.04. The molecule has 0 amide bonds. The Morgan fingerprint density at radius 1 is 1.47 bits per heavy atom. The molecule has 1 aromatic rings. The number of hydrogen-bond acceptors (Lipinski definition) is 4. The Hall–Kier alpha value is -1.14. The minimum absolute atomic E-state index is 0.0406. The largest absolute Gasteiger partial charge is 0.490 e. The minimum atomic E-state index is -0.422. The molecule has 0 aromatic heterocycles. The van der Waals surface area contributed by atoms with E-state index in [1.54, 1.807) is 6.07 Å². The molecule has 5 nitrogen and oxygen atoms in total. The van der Waals surface area contributed by atoms with Gasteiger partial charge in [-0.1, -0.05) is 15.9 Å². The zero-order valence-electron chi connectivity index (χ0n) is 9.35. The third-order valence-electron chi connectivity index (χ3n) is 2.87. The molecule has 0 spiro atoms. The maximum atomic E-state index is 10.7. The predicted octanol–water partition coefficient (Wildman–Crippen LogP) is 2.49. The van der Waals surface area contributed by atoms with Gasteiger partial charge in [0, 0.05) is 16.6 Å². The van der Waals surface area contributed by atoms with Crippen molar-refractivity contribution in [2.75, 3.05) is 7.05 Å². The lowest BCUT2D eigenvalue weighted by molar-refractivity contribution is -0.385. The number of nitro groups is 1. The van der Waals surface area contributed by atoms with E-state index < -0.39 is 4.92 Å². The van der Waals surface area contributed by atoms with Gasteiger partial charge < -0.3 is 10.1 Å². The Morgan fingerprint density at radius 2 is 2.18 bits per heavy atom. The molecule has 0 bridgehead atoms. The van der Waals surface area contributed by atoms with Gasteiger partial charge in [-0.05, 0) is 26.0 Å². The number of non-ortho nitro benzene ring substituents is 1. The van der Waals surface area contributed by atoms with Crippen LogP contribution in [-0.4, -0.2) is 24.1 Å². The summed E-state index contributed by atoms with van der Waals surface area (Å²) in [5.74, 6) is 0.547. The van der Waals surface area contributed by atoms with Crippen molar-refractivity contribution in [3.05, 3.63) is 32.8 Å². The molecule has 1 N–H and O–H groups in total. The van der Waals surface area contributed by atoms with Crippen LogP contribution in [0.5, 0.6) is 5.75 Å². The maximum Gasteiger partial charge on any atom is 0.274 e. The number of benzene rings is 1. The van der Waals surface area contributed by atoms with Gasteiger partial charge in [0.25, 0.3) is 5.69 Å². The van der Waals surface area contributed by atoms with E-state index in [4.69, 9.17) is 4.74 Å². The maximum absolute atomic E-state index is 10.7. The second kappa shape index (κ2) is 5.01. The van der Waals surface area contributed by atoms with Crippen molar-refractivity contribution < 1.29 is 9.66 Å². The topological polar surface area (TPSA) is 64.4 Å². The first-order valence-electron chi connectivity index (χ1n) is 5.37. The van der Waals surface area contributed by atoms with Crippen LogP contribution >= 0.6 is 15.9 Å². The summed E-state index contributed by atoms with van der Waals surface area (Å²) < 4.78 is 6.34. The van der Waals surface area contributed by atoms with Crippen LogP contribution in [0.15, 0.2) is 22.7 Å². The number of nitro benzene ring substituents is 1. The summed E-state index contributed by atoms with van der Waals surface area (Å²) in [6.45, 7) is 0. The molecule has 2 rings (SSSR count). The van der Waals surface area contributed by atoms with Crippen LogP contribution in [0, 0.1) is 10.1 Å². The molecule has 0 saturated heterocycles. The number of hydrogen-bond donors (Lipinski definition) is 1. The third-order valence-corrected chi connectivity index (χ3v) is 3.33. The molecule has 1 fully saturated rings. The van der Waals surface area contributed by atoms with Gasteiger partial charge in [-0.2, -0.15) is 0 Å². The van der Waals surface area contributed by atoms with Gasteiger partial charge in [-0.15, -0.1) is 0 Å². The van der Waals surface area contributed by atoms with Crippen LogP contribution in [0.25, 0.3) is 0 Å². The second-order valence-corrected chi connectivity index (χ2v) is 5.01. The smallest absolute Gasteiger partial charge is 0.274 e. The summed E-state index contributed by atoms with van der Waals surface area (Å²) >= 11 is 3.24. The highest BCUT2D eigenvalue weighted by Gasteiger charge is 2.29. The number of rotatable bonds is 4. The lowest BCUT2D eigenvalue weighted by Crippen LogP contribution is -2.45. The summed E-state index contributed by atoms with van der Waals surface area (Å²) in [7, 11) is 1.92. The first kappa shape index (κ1) is 12.3. The molecular formula is C11H13BrN2O3. The lowest BCUT2D eigenvalue weighted by Gasteiger charge is -2.35. The van der Waals surface area contributed by atoms with E-state index in [9.17, 15) is 10.1 Å². The van der Waals surface area contributed by atoms with E-state index in [-0.39, 0.29) is 11.8 Å². The molecule has 0 radical (unpaired) electrons. The van der Waals surface area contributed by atoms with Gasteiger partial charge in [0.1, 0.15) is 11.9 Å². The van der Waals surface area contributed by atoms with Gasteiger partial charge in [0.05, 0.1) is 11.0 Å². The standard InChI is InChI=1S/C11H13BrN2O3/c1-13-8-4-11(5-8)17-10-3-7(12)2-9(6-10)14(15)16/h2-3,6,8,11,13H,4-5H2,1H3. The van der Waals surface area contributed by atoms with Crippen molar-refractivity contribution in [2.24, 2.45) is 0 Å². The fraction of sp³-hybridized carbons (Fsp3) is 0.455. The second-order valence-electron chi connectivity index (χ2n) is 4.10. The Labute approximate surface area is 107 Å². The molecule has 1 aromatic carbocycles. The van der Waals surface area contributed by atoms with E-state index in [1.807, 2.05) is 7.05 Å². The fourth-order valence-electron chi connectivity index (χ4n) is 1.81. The summed E-state index contributed by atoms with van der Waals surface area (Å²) in [6.07, 6.45) is 2.04. The Kier molecular flexibility index (Phi) is 3.63. The Bertz CT molecular complexity index is 433. The van der Waals surface area contributed by atoms with E-state index in [0.29, 0.717) is 16.3 Å². The van der Waals surface area contributed by atoms with Crippen LogP contribution in [0.3, 0.4) is 0 Å². The van der Waals surface area contributed by atoms with E-state index >= 15 is 0 Å². The number of nitrogens with zero attached hydrogens (tertiary/aromatic N) is 1. The van der Waals surface area contributed by atoms with Gasteiger partial charge in [-0.3, -0.25) is 10.1 Å². The molecule has 0 aliphatic heterocycles. The van der Waals surface area contributed by atoms with Crippen LogP contribution in [0.1, 0.15) is 12.8 Å². The van der Waals surface area contributed by atoms with Crippen LogP contribution in [0.2, 0.25) is 0 Å². The first-order chi connectivity index (χ1) is 8.08. The van der Waals surface area contributed by atoms with Gasteiger partial charge in [0.15, 0.2) is 0 Å². The highest BCUT2D eigenvalue weighted by molar-refractivity contribution is 9.10. The molecule has 0 heterocycles. The molecule has 17 heavy (non-hydrogen) atoms. The SMILES string of the molecule is CNC1CC(Oc2cc(Br)cc([N+](=O)[O-])c2)C1. The molecular weight excluding hydrogens is 288 g/mol. The van der Waals surface area contributed by atoms with Crippen molar-refractivity contribution >= 4 is 21.6 Å². The van der Waals surface area contributed by atoms with Crippen LogP contribution in [0.4, 0.5) is 5.69 Å². The summed E-state index contributed by atoms with van der Waals surface area (Å²) in [4.78, 5) is 10.3. The third kappa shape index (κ3) is 2.95. The van der Waals surface area contributed by atoms with Crippen LogP contribution in [-0.2, 0) is 0 Å². The lowest BCUT2D eigenvalue weighted by atomic mass is 9.89. The average Bonchev–Trinajstić information content (AvgIpc) is 2.21. The monoisotopic (exact) mass is 300 g/mol. The number of nitrogens with one attached hydrogen (secondary N) is 1. The molecule has 92 valence electrons. The highest BCUT2D eigenvalue weighted by atomic mass is 79.9. The zero-order valence-corrected chi connectivity index (χ0v) is 10.9. The normalized spacial score (nSPS) is 22.9. The van der Waals surface area contributed by atoms with Gasteiger partial charge in [-0.25, -0.2) is 0 Å². The van der Waals surface area contributed by atoms with Crippen molar-refractivity contribution in [2.45, 2.75) is 25.0 Å². The van der Waals surface area contributed by atoms with Crippen molar-refractivity contribution in [1.82, 2.24) is 5.32 Å². The Morgan fingerprint density at radius 3 is 2.76 bits per heavy atom. The molecule has 0 atom stereocenters. The molecule has 1 aliphatic carbocycles. The molecule has 6 heteroatoms. The predicted molar refractivity (Wildman–Crippen MR) is 67.3 cm³/mol. The highest BCUT2D eigenvalue weighted by Crippen LogP contribution is 2.30. The van der Waals surface area contributed by atoms with E-state index in [2.05, 4.69) is 21.2 Å². The quantitative estimate of drug-likeness (QED) is 0.685. The summed E-state index contributed by atoms with van der Waals surface area (Å²) in [5.41, 5.74) is 0.0406. The zero-order chi connectivity index (χ0) is 12.4. The van der Waals surface area contributed by atoms with Gasteiger partial charge >= 0.3 is 0 Å². The van der Waals surface area contributed by atoms with Crippen molar-refractivity contribution in [1.29, 1.82) is 0 Å². The molecule has 1 aliphatic rings. The van der Waals surface area contributed by atoms with Crippen LogP contribution < -0.4 is 10.1 Å². The molecule has 0 unspecified atom stereocenters.